The number of carbonyl (C=O) groups excluding carboxylic acids is 1. The zero-order chi connectivity index (χ0) is 22.5. The number of thiophene rings is 1. The van der Waals surface area contributed by atoms with Crippen LogP contribution in [-0.4, -0.2) is 65.3 Å². The fourth-order valence-corrected chi connectivity index (χ4v) is 4.83. The van der Waals surface area contributed by atoms with Gasteiger partial charge in [-0.3, -0.25) is 15.1 Å². The molecular weight excluding hydrogens is 420 g/mol. The maximum atomic E-state index is 12.7. The number of amidine groups is 1. The molecule has 7 nitrogen and oxygen atoms in total. The second kappa shape index (κ2) is 9.90. The topological polar surface area (TPSA) is 88.7 Å². The SMILES string of the molecule is CC1CN(C(=O)C2=CC=C=C=C2)CCN1CCc1ccc(/C(N)=C/C(=N)N2C=CNC2)s1. The number of nitrogens with one attached hydrogen (secondary N) is 2. The standard InChI is InChI=1S/C24H28N6OS/c1-18-16-29(24(31)19-5-3-2-4-6-19)14-13-28(18)11-9-20-7-8-22(32-20)21(25)15-23(26)30-12-10-27-17-30/h3,5-8,10,12,15,18,26-27H,9,11,13-14,16-17,25H2,1H3/b21-15-,26-23?. The summed E-state index contributed by atoms with van der Waals surface area (Å²) in [5, 5.41) is 11.2. The molecule has 0 saturated carbocycles. The summed E-state index contributed by atoms with van der Waals surface area (Å²) >= 11 is 1.68. The van der Waals surface area contributed by atoms with Crippen molar-refractivity contribution in [2.24, 2.45) is 5.73 Å². The molecule has 1 saturated heterocycles. The minimum absolute atomic E-state index is 0.0673. The number of hydrogen-bond acceptors (Lipinski definition) is 6. The zero-order valence-corrected chi connectivity index (χ0v) is 19.0. The molecule has 0 spiro atoms. The maximum Gasteiger partial charge on any atom is 0.254 e. The Kier molecular flexibility index (Phi) is 6.78. The molecule has 166 valence electrons. The number of rotatable bonds is 6. The summed E-state index contributed by atoms with van der Waals surface area (Å²) in [7, 11) is 0. The minimum Gasteiger partial charge on any atom is -0.397 e. The van der Waals surface area contributed by atoms with Gasteiger partial charge < -0.3 is 20.9 Å². The van der Waals surface area contributed by atoms with Gasteiger partial charge in [-0.2, -0.15) is 0 Å². The summed E-state index contributed by atoms with van der Waals surface area (Å²) in [4.78, 5) is 21.1. The molecule has 1 atom stereocenters. The highest BCUT2D eigenvalue weighted by Crippen LogP contribution is 2.23. The van der Waals surface area contributed by atoms with E-state index in [0.717, 1.165) is 37.5 Å². The fourth-order valence-electron chi connectivity index (χ4n) is 3.91. The van der Waals surface area contributed by atoms with Crippen molar-refractivity contribution in [3.05, 3.63) is 75.6 Å². The lowest BCUT2D eigenvalue weighted by Crippen LogP contribution is -2.54. The average Bonchev–Trinajstić information content (AvgIpc) is 3.51. The van der Waals surface area contributed by atoms with E-state index in [1.54, 1.807) is 40.5 Å². The molecule has 0 radical (unpaired) electrons. The highest BCUT2D eigenvalue weighted by molar-refractivity contribution is 7.13. The molecule has 3 aliphatic rings. The molecule has 1 fully saturated rings. The van der Waals surface area contributed by atoms with Crippen LogP contribution in [0.5, 0.6) is 0 Å². The summed E-state index contributed by atoms with van der Waals surface area (Å²) in [6.45, 7) is 6.04. The molecule has 2 aliphatic heterocycles. The van der Waals surface area contributed by atoms with Crippen LogP contribution < -0.4 is 11.1 Å². The first-order valence-corrected chi connectivity index (χ1v) is 11.6. The van der Waals surface area contributed by atoms with Crippen LogP contribution in [-0.2, 0) is 11.2 Å². The number of nitrogens with zero attached hydrogens (tertiary/aromatic N) is 3. The van der Waals surface area contributed by atoms with Crippen molar-refractivity contribution >= 4 is 28.8 Å². The van der Waals surface area contributed by atoms with Gasteiger partial charge in [-0.05, 0) is 37.6 Å². The summed E-state index contributed by atoms with van der Waals surface area (Å²) in [5.74, 6) is 0.434. The van der Waals surface area contributed by atoms with Crippen molar-refractivity contribution in [2.45, 2.75) is 19.4 Å². The van der Waals surface area contributed by atoms with E-state index < -0.39 is 0 Å². The van der Waals surface area contributed by atoms with Crippen LogP contribution in [0, 0.1) is 5.41 Å². The molecule has 1 aromatic rings. The van der Waals surface area contributed by atoms with E-state index in [0.29, 0.717) is 29.8 Å². The Bertz CT molecular complexity index is 1080. The first-order chi connectivity index (χ1) is 15.5. The Balaban J connectivity index is 1.28. The Morgan fingerprint density at radius 1 is 1.38 bits per heavy atom. The Labute approximate surface area is 192 Å². The van der Waals surface area contributed by atoms with Crippen molar-refractivity contribution in [3.63, 3.8) is 0 Å². The van der Waals surface area contributed by atoms with Crippen LogP contribution in [0.4, 0.5) is 0 Å². The van der Waals surface area contributed by atoms with Crippen LogP contribution in [0.1, 0.15) is 16.7 Å². The third kappa shape index (κ3) is 5.13. The molecule has 4 N–H and O–H groups in total. The molecule has 4 rings (SSSR count). The molecule has 8 heteroatoms. The average molecular weight is 449 g/mol. The number of nitrogens with two attached hydrogens (primary N) is 1. The molecule has 3 heterocycles. The number of allylic oxidation sites excluding steroid dienone is 2. The highest BCUT2D eigenvalue weighted by Gasteiger charge is 2.27. The van der Waals surface area contributed by atoms with E-state index in [-0.39, 0.29) is 5.91 Å². The van der Waals surface area contributed by atoms with Crippen LogP contribution >= 0.6 is 11.3 Å². The number of hydrogen-bond donors (Lipinski definition) is 3. The Morgan fingerprint density at radius 2 is 2.25 bits per heavy atom. The third-order valence-corrected chi connectivity index (χ3v) is 6.98. The monoisotopic (exact) mass is 448 g/mol. The molecule has 0 aromatic carbocycles. The third-order valence-electron chi connectivity index (χ3n) is 5.78. The number of piperazine rings is 1. The highest BCUT2D eigenvalue weighted by atomic mass is 32.1. The Hall–Kier alpha value is -3.28. The second-order valence-corrected chi connectivity index (χ2v) is 9.17. The smallest absolute Gasteiger partial charge is 0.254 e. The quantitative estimate of drug-likeness (QED) is 0.353. The first-order valence-electron chi connectivity index (χ1n) is 10.7. The maximum absolute atomic E-state index is 12.7. The van der Waals surface area contributed by atoms with Crippen LogP contribution in [0.3, 0.4) is 0 Å². The van der Waals surface area contributed by atoms with Crippen molar-refractivity contribution in [2.75, 3.05) is 32.8 Å². The fraction of sp³-hybridized carbons (Fsp3) is 0.333. The van der Waals surface area contributed by atoms with E-state index in [2.05, 4.69) is 34.7 Å². The van der Waals surface area contributed by atoms with E-state index in [1.807, 2.05) is 23.4 Å². The van der Waals surface area contributed by atoms with Crippen LogP contribution in [0.25, 0.3) is 5.70 Å². The predicted octanol–water partition coefficient (Wildman–Crippen LogP) is 2.24. The summed E-state index contributed by atoms with van der Waals surface area (Å²) < 4.78 is 0. The minimum atomic E-state index is 0.0673. The molecule has 32 heavy (non-hydrogen) atoms. The number of carbonyl (C=O) groups is 1. The van der Waals surface area contributed by atoms with Gasteiger partial charge in [0.15, 0.2) is 0 Å². The molecule has 0 bridgehead atoms. The van der Waals surface area contributed by atoms with Crippen LogP contribution in [0.15, 0.2) is 65.9 Å². The predicted molar refractivity (Wildman–Crippen MR) is 129 cm³/mol. The normalized spacial score (nSPS) is 20.6. The van der Waals surface area contributed by atoms with Gasteiger partial charge in [0.05, 0.1) is 17.2 Å². The molecule has 1 aliphatic carbocycles. The van der Waals surface area contributed by atoms with Gasteiger partial charge >= 0.3 is 0 Å². The van der Waals surface area contributed by atoms with Gasteiger partial charge in [0.25, 0.3) is 5.91 Å². The second-order valence-electron chi connectivity index (χ2n) is 8.01. The van der Waals surface area contributed by atoms with Crippen molar-refractivity contribution in [1.82, 2.24) is 20.0 Å². The molecule has 1 amide bonds. The van der Waals surface area contributed by atoms with Gasteiger partial charge in [-0.25, -0.2) is 0 Å². The van der Waals surface area contributed by atoms with Gasteiger partial charge in [-0.1, -0.05) is 11.5 Å². The molecule has 1 aromatic heterocycles. The van der Waals surface area contributed by atoms with Crippen molar-refractivity contribution in [3.8, 4) is 0 Å². The van der Waals surface area contributed by atoms with E-state index in [9.17, 15) is 4.79 Å². The lowest BCUT2D eigenvalue weighted by molar-refractivity contribution is -0.129. The van der Waals surface area contributed by atoms with Crippen molar-refractivity contribution < 1.29 is 4.79 Å². The van der Waals surface area contributed by atoms with Gasteiger partial charge in [0.1, 0.15) is 5.84 Å². The largest absolute Gasteiger partial charge is 0.397 e. The van der Waals surface area contributed by atoms with Crippen LogP contribution in [0.2, 0.25) is 0 Å². The van der Waals surface area contributed by atoms with Gasteiger partial charge in [0.2, 0.25) is 0 Å². The lowest BCUT2D eigenvalue weighted by Gasteiger charge is -2.40. The van der Waals surface area contributed by atoms with Crippen molar-refractivity contribution in [1.29, 1.82) is 5.41 Å². The van der Waals surface area contributed by atoms with E-state index in [1.165, 1.54) is 4.88 Å². The summed E-state index contributed by atoms with van der Waals surface area (Å²) in [6, 6.07) is 4.46. The van der Waals surface area contributed by atoms with Gasteiger partial charge in [-0.15, -0.1) is 11.3 Å². The summed E-state index contributed by atoms with van der Waals surface area (Å²) in [6.07, 6.45) is 11.5. The van der Waals surface area contributed by atoms with Gasteiger partial charge in [0, 0.05) is 67.2 Å². The Morgan fingerprint density at radius 3 is 2.97 bits per heavy atom. The molecule has 1 unspecified atom stereocenters. The number of amides is 1. The molecular formula is C24H28N6OS. The van der Waals surface area contributed by atoms with E-state index in [4.69, 9.17) is 11.1 Å². The lowest BCUT2D eigenvalue weighted by atomic mass is 10.1. The van der Waals surface area contributed by atoms with E-state index >= 15 is 0 Å². The summed E-state index contributed by atoms with van der Waals surface area (Å²) in [5.41, 5.74) is 13.2. The first kappa shape index (κ1) is 21.9. The zero-order valence-electron chi connectivity index (χ0n) is 18.2.